The molecule has 5 rings (SSSR count). The molecule has 1 atom stereocenters. The van der Waals surface area contributed by atoms with Crippen LogP contribution in [0.5, 0.6) is 11.5 Å². The number of benzene rings is 3. The number of rotatable bonds is 8. The molecule has 3 aromatic carbocycles. The smallest absolute Gasteiger partial charge is 0.272 e. The summed E-state index contributed by atoms with van der Waals surface area (Å²) in [5, 5.41) is 4.00. The van der Waals surface area contributed by atoms with Crippen LogP contribution < -0.4 is 14.8 Å². The molecule has 2 amide bonds. The molecule has 0 saturated heterocycles. The zero-order valence-corrected chi connectivity index (χ0v) is 20.7. The lowest BCUT2D eigenvalue weighted by Gasteiger charge is -2.26. The lowest BCUT2D eigenvalue weighted by molar-refractivity contribution is -0.122. The molecule has 0 aliphatic carbocycles. The molecule has 0 bridgehead atoms. The van der Waals surface area contributed by atoms with Crippen LogP contribution in [0.15, 0.2) is 72.8 Å². The van der Waals surface area contributed by atoms with E-state index in [0.717, 1.165) is 39.1 Å². The molecule has 1 unspecified atom stereocenters. The number of para-hydroxylation sites is 1. The van der Waals surface area contributed by atoms with Gasteiger partial charge >= 0.3 is 0 Å². The maximum Gasteiger partial charge on any atom is 0.272 e. The third kappa shape index (κ3) is 4.17. The van der Waals surface area contributed by atoms with E-state index in [1.807, 2.05) is 84.4 Å². The van der Waals surface area contributed by atoms with E-state index < -0.39 is 0 Å². The predicted octanol–water partition coefficient (Wildman–Crippen LogP) is 4.10. The highest BCUT2D eigenvalue weighted by Gasteiger charge is 2.42. The SMILES string of the molecule is COc1ccc(C2c3c(n(C)c4ccccc34)C(=O)N2CC(=O)NCCc2cccc(OC)c2)cc1. The normalized spacial score (nSPS) is 14.7. The number of carbonyl (C=O) groups is 2. The van der Waals surface area contributed by atoms with Gasteiger partial charge in [0, 0.05) is 30.1 Å². The van der Waals surface area contributed by atoms with Crippen LogP contribution in [0.3, 0.4) is 0 Å². The van der Waals surface area contributed by atoms with Gasteiger partial charge in [-0.15, -0.1) is 0 Å². The van der Waals surface area contributed by atoms with Crippen LogP contribution in [0, 0.1) is 0 Å². The van der Waals surface area contributed by atoms with Crippen molar-refractivity contribution in [3.63, 3.8) is 0 Å². The van der Waals surface area contributed by atoms with Gasteiger partial charge in [0.25, 0.3) is 5.91 Å². The zero-order valence-electron chi connectivity index (χ0n) is 20.7. The largest absolute Gasteiger partial charge is 0.497 e. The number of ether oxygens (including phenoxy) is 2. The van der Waals surface area contributed by atoms with Gasteiger partial charge in [-0.1, -0.05) is 42.5 Å². The molecule has 0 radical (unpaired) electrons. The number of fused-ring (bicyclic) bond motifs is 3. The van der Waals surface area contributed by atoms with Crippen LogP contribution >= 0.6 is 0 Å². The van der Waals surface area contributed by atoms with E-state index in [1.54, 1.807) is 19.1 Å². The summed E-state index contributed by atoms with van der Waals surface area (Å²) in [7, 11) is 5.16. The number of aryl methyl sites for hydroxylation is 1. The molecule has 7 heteroatoms. The van der Waals surface area contributed by atoms with Crippen molar-refractivity contribution in [2.75, 3.05) is 27.3 Å². The predicted molar refractivity (Wildman–Crippen MR) is 139 cm³/mol. The average molecular weight is 484 g/mol. The monoisotopic (exact) mass is 483 g/mol. The number of nitrogens with one attached hydrogen (secondary N) is 1. The first-order chi connectivity index (χ1) is 17.5. The summed E-state index contributed by atoms with van der Waals surface area (Å²) in [6.45, 7) is 0.438. The fraction of sp³-hybridized carbons (Fsp3) is 0.241. The summed E-state index contributed by atoms with van der Waals surface area (Å²) >= 11 is 0. The number of hydrogen-bond donors (Lipinski definition) is 1. The first-order valence-electron chi connectivity index (χ1n) is 11.9. The minimum Gasteiger partial charge on any atom is -0.497 e. The second kappa shape index (κ2) is 9.77. The molecule has 7 nitrogen and oxygen atoms in total. The number of carbonyl (C=O) groups excluding carboxylic acids is 2. The first kappa shape index (κ1) is 23.5. The van der Waals surface area contributed by atoms with E-state index >= 15 is 0 Å². The van der Waals surface area contributed by atoms with Crippen LogP contribution in [0.4, 0.5) is 0 Å². The van der Waals surface area contributed by atoms with Crippen molar-refractivity contribution < 1.29 is 19.1 Å². The number of nitrogens with zero attached hydrogens (tertiary/aromatic N) is 2. The molecule has 0 saturated carbocycles. The van der Waals surface area contributed by atoms with Crippen molar-refractivity contribution in [3.05, 3.63) is 95.2 Å². The molecular weight excluding hydrogens is 454 g/mol. The van der Waals surface area contributed by atoms with Crippen molar-refractivity contribution in [1.29, 1.82) is 0 Å². The van der Waals surface area contributed by atoms with Crippen molar-refractivity contribution in [1.82, 2.24) is 14.8 Å². The fourth-order valence-corrected chi connectivity index (χ4v) is 5.05. The number of methoxy groups -OCH3 is 2. The van der Waals surface area contributed by atoms with Crippen molar-refractivity contribution >= 4 is 22.7 Å². The van der Waals surface area contributed by atoms with Crippen molar-refractivity contribution in [2.45, 2.75) is 12.5 Å². The fourth-order valence-electron chi connectivity index (χ4n) is 5.05. The maximum absolute atomic E-state index is 13.7. The highest BCUT2D eigenvalue weighted by Crippen LogP contribution is 2.43. The molecule has 2 heterocycles. The summed E-state index contributed by atoms with van der Waals surface area (Å²) in [5.74, 6) is 1.19. The van der Waals surface area contributed by atoms with E-state index in [0.29, 0.717) is 18.7 Å². The summed E-state index contributed by atoms with van der Waals surface area (Å²) in [6, 6.07) is 23.1. The van der Waals surface area contributed by atoms with Gasteiger partial charge in [-0.2, -0.15) is 0 Å². The Bertz CT molecular complexity index is 1420. The van der Waals surface area contributed by atoms with E-state index in [-0.39, 0.29) is 24.4 Å². The Morgan fingerprint density at radius 3 is 2.44 bits per heavy atom. The zero-order chi connectivity index (χ0) is 25.2. The van der Waals surface area contributed by atoms with Crippen LogP contribution in [0.1, 0.15) is 33.2 Å². The molecule has 0 fully saturated rings. The average Bonchev–Trinajstić information content (AvgIpc) is 3.36. The van der Waals surface area contributed by atoms with E-state index in [9.17, 15) is 9.59 Å². The maximum atomic E-state index is 13.7. The van der Waals surface area contributed by atoms with E-state index in [4.69, 9.17) is 9.47 Å². The van der Waals surface area contributed by atoms with Crippen molar-refractivity contribution in [2.24, 2.45) is 7.05 Å². The Morgan fingerprint density at radius 2 is 1.69 bits per heavy atom. The van der Waals surface area contributed by atoms with Gasteiger partial charge in [-0.3, -0.25) is 9.59 Å². The molecule has 4 aromatic rings. The van der Waals surface area contributed by atoms with Gasteiger partial charge in [-0.25, -0.2) is 0 Å². The molecule has 1 N–H and O–H groups in total. The van der Waals surface area contributed by atoms with Crippen LogP contribution in [-0.4, -0.2) is 48.6 Å². The summed E-state index contributed by atoms with van der Waals surface area (Å²) in [5.41, 5.74) is 4.57. The summed E-state index contributed by atoms with van der Waals surface area (Å²) in [6.07, 6.45) is 0.670. The third-order valence-corrected chi connectivity index (χ3v) is 6.81. The summed E-state index contributed by atoms with van der Waals surface area (Å²) < 4.78 is 12.5. The number of amides is 2. The molecule has 1 aromatic heterocycles. The Balaban J connectivity index is 1.40. The highest BCUT2D eigenvalue weighted by molar-refractivity contribution is 6.07. The van der Waals surface area contributed by atoms with Crippen LogP contribution in [-0.2, 0) is 18.3 Å². The van der Waals surface area contributed by atoms with E-state index in [2.05, 4.69) is 5.32 Å². The highest BCUT2D eigenvalue weighted by atomic mass is 16.5. The van der Waals surface area contributed by atoms with Gasteiger partial charge in [0.05, 0.1) is 20.3 Å². The second-order valence-electron chi connectivity index (χ2n) is 8.90. The van der Waals surface area contributed by atoms with Gasteiger partial charge in [-0.05, 0) is 47.9 Å². The number of aromatic nitrogens is 1. The van der Waals surface area contributed by atoms with Crippen molar-refractivity contribution in [3.8, 4) is 11.5 Å². The Labute approximate surface area is 210 Å². The first-order valence-corrected chi connectivity index (χ1v) is 11.9. The van der Waals surface area contributed by atoms with Gasteiger partial charge in [0.15, 0.2) is 0 Å². The molecule has 1 aliphatic heterocycles. The molecule has 1 aliphatic rings. The molecule has 184 valence electrons. The summed E-state index contributed by atoms with van der Waals surface area (Å²) in [4.78, 5) is 28.3. The van der Waals surface area contributed by atoms with Crippen LogP contribution in [0.2, 0.25) is 0 Å². The quantitative estimate of drug-likeness (QED) is 0.410. The Morgan fingerprint density at radius 1 is 0.944 bits per heavy atom. The Hall–Kier alpha value is -4.26. The minimum atomic E-state index is -0.367. The van der Waals surface area contributed by atoms with Crippen LogP contribution in [0.25, 0.3) is 10.9 Å². The topological polar surface area (TPSA) is 72.8 Å². The van der Waals surface area contributed by atoms with E-state index in [1.165, 1.54) is 0 Å². The van der Waals surface area contributed by atoms with Gasteiger partial charge < -0.3 is 24.3 Å². The lowest BCUT2D eigenvalue weighted by atomic mass is 9.98. The second-order valence-corrected chi connectivity index (χ2v) is 8.90. The molecule has 36 heavy (non-hydrogen) atoms. The molecule has 0 spiro atoms. The van der Waals surface area contributed by atoms with Gasteiger partial charge in [0.2, 0.25) is 5.91 Å². The minimum absolute atomic E-state index is 0.0311. The Kier molecular flexibility index (Phi) is 6.38. The van der Waals surface area contributed by atoms with Gasteiger partial charge in [0.1, 0.15) is 23.7 Å². The standard InChI is InChI=1S/C29H29N3O4/c1-31-24-10-5-4-9-23(24)26-27(20-11-13-21(35-2)14-12-20)32(29(34)28(26)31)18-25(33)30-16-15-19-7-6-8-22(17-19)36-3/h4-14,17,27H,15-16,18H2,1-3H3,(H,30,33). The lowest BCUT2D eigenvalue weighted by Crippen LogP contribution is -2.40. The number of hydrogen-bond acceptors (Lipinski definition) is 4. The third-order valence-electron chi connectivity index (χ3n) is 6.81. The molecular formula is C29H29N3O4.